The fourth-order valence-corrected chi connectivity index (χ4v) is 2.03. The van der Waals surface area contributed by atoms with E-state index in [0.29, 0.717) is 16.7 Å². The highest BCUT2D eigenvalue weighted by atomic mass is 19.1. The van der Waals surface area contributed by atoms with E-state index in [2.05, 4.69) is 10.2 Å². The lowest BCUT2D eigenvalue weighted by atomic mass is 9.97. The summed E-state index contributed by atoms with van der Waals surface area (Å²) in [6, 6.07) is 0. The highest BCUT2D eigenvalue weighted by Crippen LogP contribution is 2.44. The van der Waals surface area contributed by atoms with Gasteiger partial charge in [-0.3, -0.25) is 5.10 Å². The maximum atomic E-state index is 14.1. The number of ether oxygens (including phenoxy) is 1. The van der Waals surface area contributed by atoms with Gasteiger partial charge in [0.2, 0.25) is 0 Å². The van der Waals surface area contributed by atoms with Gasteiger partial charge in [0.15, 0.2) is 11.5 Å². The zero-order valence-corrected chi connectivity index (χ0v) is 10.3. The first kappa shape index (κ1) is 12.2. The number of nitrogens with two attached hydrogens (primary N) is 1. The number of H-pyrrole nitrogens is 1. The van der Waals surface area contributed by atoms with Crippen LogP contribution in [0.1, 0.15) is 11.1 Å². The van der Waals surface area contributed by atoms with Gasteiger partial charge in [0.1, 0.15) is 11.6 Å². The molecule has 1 aromatic carbocycles. The summed E-state index contributed by atoms with van der Waals surface area (Å²) in [6.45, 7) is 3.12. The number of methoxy groups -OCH3 is 1. The summed E-state index contributed by atoms with van der Waals surface area (Å²) in [4.78, 5) is 0. The Bertz CT molecular complexity index is 608. The second-order valence-electron chi connectivity index (χ2n) is 4.02. The fourth-order valence-electron chi connectivity index (χ4n) is 2.03. The molecule has 0 saturated heterocycles. The van der Waals surface area contributed by atoms with Crippen molar-refractivity contribution in [2.45, 2.75) is 13.8 Å². The number of phenolic OH excluding ortho intramolecular Hbond substituents is 1. The lowest BCUT2D eigenvalue weighted by molar-refractivity contribution is 0.367. The first-order valence-electron chi connectivity index (χ1n) is 5.33. The maximum absolute atomic E-state index is 14.1. The van der Waals surface area contributed by atoms with Crippen LogP contribution in [0.25, 0.3) is 11.1 Å². The molecule has 0 bridgehead atoms. The Balaban J connectivity index is 2.83. The van der Waals surface area contributed by atoms with Crippen molar-refractivity contribution in [3.05, 3.63) is 23.1 Å². The predicted molar refractivity (Wildman–Crippen MR) is 66.1 cm³/mol. The number of phenols is 1. The molecule has 5 nitrogen and oxygen atoms in total. The number of aromatic nitrogens is 2. The first-order chi connectivity index (χ1) is 8.49. The van der Waals surface area contributed by atoms with Crippen molar-refractivity contribution in [2.24, 2.45) is 0 Å². The third kappa shape index (κ3) is 1.57. The minimum Gasteiger partial charge on any atom is -0.504 e. The van der Waals surface area contributed by atoms with Gasteiger partial charge in [0.25, 0.3) is 0 Å². The van der Waals surface area contributed by atoms with E-state index in [1.165, 1.54) is 13.3 Å². The molecule has 2 rings (SSSR count). The Labute approximate surface area is 103 Å². The van der Waals surface area contributed by atoms with Crippen LogP contribution in [0.3, 0.4) is 0 Å². The molecule has 4 N–H and O–H groups in total. The summed E-state index contributed by atoms with van der Waals surface area (Å²) in [5.41, 5.74) is 7.00. The second-order valence-corrected chi connectivity index (χ2v) is 4.02. The van der Waals surface area contributed by atoms with Gasteiger partial charge in [-0.2, -0.15) is 5.10 Å². The van der Waals surface area contributed by atoms with Gasteiger partial charge in [-0.15, -0.1) is 0 Å². The van der Waals surface area contributed by atoms with Gasteiger partial charge in [-0.25, -0.2) is 4.39 Å². The van der Waals surface area contributed by atoms with Gasteiger partial charge in [-0.1, -0.05) is 0 Å². The van der Waals surface area contributed by atoms with Crippen LogP contribution < -0.4 is 10.5 Å². The van der Waals surface area contributed by atoms with Gasteiger partial charge < -0.3 is 15.6 Å². The highest BCUT2D eigenvalue weighted by Gasteiger charge is 2.23. The molecule has 6 heteroatoms. The van der Waals surface area contributed by atoms with Gasteiger partial charge in [0, 0.05) is 16.7 Å². The number of anilines is 1. The van der Waals surface area contributed by atoms with Crippen LogP contribution in [0.2, 0.25) is 0 Å². The minimum absolute atomic E-state index is 0.105. The number of nitrogen functional groups attached to an aromatic ring is 1. The predicted octanol–water partition coefficient (Wildman–Crippen LogP) is 2.13. The molecular weight excluding hydrogens is 237 g/mol. The number of halogens is 1. The van der Waals surface area contributed by atoms with E-state index < -0.39 is 5.82 Å². The topological polar surface area (TPSA) is 84.2 Å². The molecule has 1 aromatic heterocycles. The maximum Gasteiger partial charge on any atom is 0.166 e. The van der Waals surface area contributed by atoms with Crippen LogP contribution in [-0.4, -0.2) is 22.4 Å². The average molecular weight is 251 g/mol. The summed E-state index contributed by atoms with van der Waals surface area (Å²) >= 11 is 0. The van der Waals surface area contributed by atoms with Crippen molar-refractivity contribution >= 4 is 5.82 Å². The van der Waals surface area contributed by atoms with E-state index in [9.17, 15) is 9.50 Å². The minimum atomic E-state index is -0.430. The van der Waals surface area contributed by atoms with Gasteiger partial charge in [-0.05, 0) is 19.4 Å². The second kappa shape index (κ2) is 4.21. The lowest BCUT2D eigenvalue weighted by Gasteiger charge is -2.15. The van der Waals surface area contributed by atoms with Crippen LogP contribution in [0.15, 0.2) is 6.20 Å². The highest BCUT2D eigenvalue weighted by molar-refractivity contribution is 5.83. The molecule has 0 aliphatic carbocycles. The number of benzene rings is 1. The van der Waals surface area contributed by atoms with Crippen molar-refractivity contribution in [1.29, 1.82) is 0 Å². The van der Waals surface area contributed by atoms with E-state index in [1.54, 1.807) is 13.8 Å². The molecule has 0 unspecified atom stereocenters. The standard InChI is InChI=1S/C12H14FN3O2/c1-5-8(7-4-15-16-12(7)14)10(17)11(18-3)6(2)9(5)13/h4,17H,1-3H3,(H3,14,15,16). The summed E-state index contributed by atoms with van der Waals surface area (Å²) in [5.74, 6) is -0.199. The largest absolute Gasteiger partial charge is 0.504 e. The Morgan fingerprint density at radius 1 is 1.39 bits per heavy atom. The van der Waals surface area contributed by atoms with Crippen LogP contribution >= 0.6 is 0 Å². The van der Waals surface area contributed by atoms with Crippen LogP contribution in [0, 0.1) is 19.7 Å². The summed E-state index contributed by atoms with van der Waals surface area (Å²) < 4.78 is 19.1. The Morgan fingerprint density at radius 2 is 2.06 bits per heavy atom. The Morgan fingerprint density at radius 3 is 2.56 bits per heavy atom. The zero-order valence-electron chi connectivity index (χ0n) is 10.3. The number of nitrogens with zero attached hydrogens (tertiary/aromatic N) is 1. The molecule has 0 fully saturated rings. The number of hydrogen-bond acceptors (Lipinski definition) is 4. The van der Waals surface area contributed by atoms with Crippen molar-refractivity contribution in [3.63, 3.8) is 0 Å². The molecule has 0 atom stereocenters. The third-order valence-corrected chi connectivity index (χ3v) is 2.97. The van der Waals surface area contributed by atoms with E-state index in [-0.39, 0.29) is 22.9 Å². The SMILES string of the molecule is COc1c(C)c(F)c(C)c(-c2cn[nH]c2N)c1O. The average Bonchev–Trinajstić information content (AvgIpc) is 2.74. The quantitative estimate of drug-likeness (QED) is 0.763. The van der Waals surface area contributed by atoms with Crippen molar-refractivity contribution in [2.75, 3.05) is 12.8 Å². The van der Waals surface area contributed by atoms with E-state index >= 15 is 0 Å². The normalized spacial score (nSPS) is 10.7. The molecule has 0 amide bonds. The van der Waals surface area contributed by atoms with Crippen molar-refractivity contribution in [3.8, 4) is 22.6 Å². The van der Waals surface area contributed by atoms with Crippen LogP contribution in [-0.2, 0) is 0 Å². The van der Waals surface area contributed by atoms with Gasteiger partial charge in [0.05, 0.1) is 13.3 Å². The van der Waals surface area contributed by atoms with E-state index in [1.807, 2.05) is 0 Å². The number of aromatic amines is 1. The molecule has 0 spiro atoms. The lowest BCUT2D eigenvalue weighted by Crippen LogP contribution is -1.99. The molecule has 0 aliphatic heterocycles. The summed E-state index contributed by atoms with van der Waals surface area (Å²) in [6.07, 6.45) is 1.44. The first-order valence-corrected chi connectivity index (χ1v) is 5.33. The Kier molecular flexibility index (Phi) is 2.86. The molecule has 0 radical (unpaired) electrons. The van der Waals surface area contributed by atoms with E-state index in [0.717, 1.165) is 0 Å². The summed E-state index contributed by atoms with van der Waals surface area (Å²) in [5, 5.41) is 16.5. The number of hydrogen-bond donors (Lipinski definition) is 3. The molecule has 0 saturated carbocycles. The zero-order chi connectivity index (χ0) is 13.4. The number of rotatable bonds is 2. The fraction of sp³-hybridized carbons (Fsp3) is 0.250. The molecule has 2 aromatic rings. The van der Waals surface area contributed by atoms with Crippen molar-refractivity contribution in [1.82, 2.24) is 10.2 Å². The summed E-state index contributed by atoms with van der Waals surface area (Å²) in [7, 11) is 1.37. The molecule has 96 valence electrons. The van der Waals surface area contributed by atoms with E-state index in [4.69, 9.17) is 10.5 Å². The molecular formula is C12H14FN3O2. The Hall–Kier alpha value is -2.24. The number of aromatic hydroxyl groups is 1. The van der Waals surface area contributed by atoms with Crippen LogP contribution in [0.4, 0.5) is 10.2 Å². The number of nitrogens with one attached hydrogen (secondary N) is 1. The molecule has 1 heterocycles. The third-order valence-electron chi connectivity index (χ3n) is 2.97. The van der Waals surface area contributed by atoms with Crippen LogP contribution in [0.5, 0.6) is 11.5 Å². The smallest absolute Gasteiger partial charge is 0.166 e. The van der Waals surface area contributed by atoms with Gasteiger partial charge >= 0.3 is 0 Å². The monoisotopic (exact) mass is 251 g/mol. The molecule has 0 aliphatic rings. The van der Waals surface area contributed by atoms with Crippen molar-refractivity contribution < 1.29 is 14.2 Å². The molecule has 18 heavy (non-hydrogen) atoms.